The molecule has 0 spiro atoms. The Morgan fingerprint density at radius 2 is 1.31 bits per heavy atom. The van der Waals surface area contributed by atoms with Crippen LogP contribution in [0.2, 0.25) is 0 Å². The minimum absolute atomic E-state index is 0.0942. The van der Waals surface area contributed by atoms with Crippen LogP contribution in [0, 0.1) is 0 Å². The van der Waals surface area contributed by atoms with Crippen LogP contribution in [0.4, 0.5) is 5.69 Å². The lowest BCUT2D eigenvalue weighted by molar-refractivity contribution is 0.595. The maximum atomic E-state index is 12.8. The van der Waals surface area contributed by atoms with E-state index in [9.17, 15) is 16.8 Å². The van der Waals surface area contributed by atoms with Crippen molar-refractivity contribution in [3.8, 4) is 0 Å². The van der Waals surface area contributed by atoms with Crippen LogP contribution in [0.15, 0.2) is 106 Å². The summed E-state index contributed by atoms with van der Waals surface area (Å²) in [5.41, 5.74) is 1.03. The number of hydrogen-bond donors (Lipinski definition) is 1. The summed E-state index contributed by atoms with van der Waals surface area (Å²) in [7, 11) is -7.83. The van der Waals surface area contributed by atoms with Crippen LogP contribution in [0.3, 0.4) is 0 Å². The number of sulfone groups is 1. The monoisotopic (exact) mass is 424 g/mol. The van der Waals surface area contributed by atoms with E-state index < -0.39 is 19.9 Å². The van der Waals surface area contributed by atoms with Gasteiger partial charge >= 0.3 is 0 Å². The minimum Gasteiger partial charge on any atom is -0.278 e. The Balaban J connectivity index is 1.69. The lowest BCUT2D eigenvalue weighted by Gasteiger charge is -2.10. The molecule has 0 unspecified atom stereocenters. The molecule has 0 fully saturated rings. The molecule has 146 valence electrons. The predicted octanol–water partition coefficient (Wildman–Crippen LogP) is 3.87. The number of anilines is 1. The maximum Gasteiger partial charge on any atom is 0.261 e. The maximum absolute atomic E-state index is 12.8. The number of nitrogens with zero attached hydrogens (tertiary/aromatic N) is 1. The lowest BCUT2D eigenvalue weighted by atomic mass is 10.2. The molecule has 0 saturated carbocycles. The SMILES string of the molecule is O=S(=O)(Nc1cnc2ccccc2c1)c1cccc(S(=O)(=O)c2ccccc2)c1. The Morgan fingerprint density at radius 3 is 2.10 bits per heavy atom. The van der Waals surface area contributed by atoms with E-state index >= 15 is 0 Å². The summed E-state index contributed by atoms with van der Waals surface area (Å²) < 4.78 is 53.7. The van der Waals surface area contributed by atoms with E-state index in [-0.39, 0.29) is 14.7 Å². The van der Waals surface area contributed by atoms with E-state index in [0.717, 1.165) is 17.0 Å². The van der Waals surface area contributed by atoms with E-state index in [0.29, 0.717) is 5.69 Å². The van der Waals surface area contributed by atoms with Crippen LogP contribution in [-0.2, 0) is 19.9 Å². The number of rotatable bonds is 5. The highest BCUT2D eigenvalue weighted by Gasteiger charge is 2.21. The molecular weight excluding hydrogens is 408 g/mol. The molecule has 0 bridgehead atoms. The van der Waals surface area contributed by atoms with Crippen molar-refractivity contribution in [2.75, 3.05) is 4.72 Å². The van der Waals surface area contributed by atoms with Gasteiger partial charge in [0.1, 0.15) is 0 Å². The molecule has 29 heavy (non-hydrogen) atoms. The second kappa shape index (κ2) is 7.31. The first-order chi connectivity index (χ1) is 13.9. The zero-order chi connectivity index (χ0) is 20.5. The van der Waals surface area contributed by atoms with Crippen molar-refractivity contribution in [3.63, 3.8) is 0 Å². The molecule has 0 saturated heterocycles. The molecule has 1 heterocycles. The second-order valence-corrected chi connectivity index (χ2v) is 9.95. The van der Waals surface area contributed by atoms with Crippen LogP contribution in [0.25, 0.3) is 10.9 Å². The van der Waals surface area contributed by atoms with Crippen molar-refractivity contribution in [1.82, 2.24) is 4.98 Å². The van der Waals surface area contributed by atoms with Gasteiger partial charge in [-0.25, -0.2) is 16.8 Å². The molecule has 1 N–H and O–H groups in total. The number of hydrogen-bond acceptors (Lipinski definition) is 5. The molecule has 0 aliphatic rings. The third kappa shape index (κ3) is 3.85. The number of benzene rings is 3. The Hall–Kier alpha value is -3.23. The summed E-state index contributed by atoms with van der Waals surface area (Å²) in [5, 5.41) is 0.785. The molecule has 0 aliphatic heterocycles. The van der Waals surface area contributed by atoms with Crippen molar-refractivity contribution >= 4 is 36.5 Å². The fourth-order valence-corrected chi connectivity index (χ4v) is 5.37. The van der Waals surface area contributed by atoms with Crippen molar-refractivity contribution in [2.24, 2.45) is 0 Å². The summed E-state index contributed by atoms with van der Waals surface area (Å²) in [4.78, 5) is 4.09. The van der Waals surface area contributed by atoms with Crippen LogP contribution in [0.5, 0.6) is 0 Å². The third-order valence-corrected chi connectivity index (χ3v) is 7.47. The van der Waals surface area contributed by atoms with Gasteiger partial charge in [0.2, 0.25) is 9.84 Å². The predicted molar refractivity (Wildman–Crippen MR) is 111 cm³/mol. The van der Waals surface area contributed by atoms with Crippen molar-refractivity contribution in [1.29, 1.82) is 0 Å². The van der Waals surface area contributed by atoms with E-state index in [4.69, 9.17) is 0 Å². The topological polar surface area (TPSA) is 93.2 Å². The van der Waals surface area contributed by atoms with E-state index in [2.05, 4.69) is 9.71 Å². The molecule has 8 heteroatoms. The quantitative estimate of drug-likeness (QED) is 0.525. The van der Waals surface area contributed by atoms with Crippen molar-refractivity contribution in [3.05, 3.63) is 91.1 Å². The lowest BCUT2D eigenvalue weighted by Crippen LogP contribution is -2.14. The Kier molecular flexibility index (Phi) is 4.81. The molecule has 6 nitrogen and oxygen atoms in total. The smallest absolute Gasteiger partial charge is 0.261 e. The van der Waals surface area contributed by atoms with Gasteiger partial charge in [0, 0.05) is 5.39 Å². The normalized spacial score (nSPS) is 12.0. The number of fused-ring (bicyclic) bond motifs is 1. The molecule has 0 amide bonds. The first-order valence-corrected chi connectivity index (χ1v) is 11.6. The molecule has 4 rings (SSSR count). The minimum atomic E-state index is -4.00. The molecule has 3 aromatic carbocycles. The van der Waals surface area contributed by atoms with Gasteiger partial charge in [-0.2, -0.15) is 0 Å². The molecule has 0 atom stereocenters. The second-order valence-electron chi connectivity index (χ2n) is 6.31. The van der Waals surface area contributed by atoms with Crippen molar-refractivity contribution in [2.45, 2.75) is 14.7 Å². The van der Waals surface area contributed by atoms with E-state index in [1.807, 2.05) is 24.3 Å². The molecule has 1 aromatic heterocycles. The first kappa shape index (κ1) is 19.1. The summed E-state index contributed by atoms with van der Waals surface area (Å²) >= 11 is 0. The van der Waals surface area contributed by atoms with Crippen LogP contribution >= 0.6 is 0 Å². The highest BCUT2D eigenvalue weighted by atomic mass is 32.2. The summed E-state index contributed by atoms with van der Waals surface area (Å²) in [5.74, 6) is 0. The van der Waals surface area contributed by atoms with Crippen LogP contribution < -0.4 is 4.72 Å². The zero-order valence-corrected chi connectivity index (χ0v) is 16.7. The van der Waals surface area contributed by atoms with Gasteiger partial charge in [0.15, 0.2) is 0 Å². The van der Waals surface area contributed by atoms with Crippen molar-refractivity contribution < 1.29 is 16.8 Å². The van der Waals surface area contributed by atoms with Crippen LogP contribution in [0.1, 0.15) is 0 Å². The van der Waals surface area contributed by atoms with Crippen LogP contribution in [-0.4, -0.2) is 21.8 Å². The molecular formula is C21H16N2O4S2. The zero-order valence-electron chi connectivity index (χ0n) is 15.1. The fraction of sp³-hybridized carbons (Fsp3) is 0. The summed E-state index contributed by atoms with van der Waals surface area (Å²) in [6.45, 7) is 0. The largest absolute Gasteiger partial charge is 0.278 e. The van der Waals surface area contributed by atoms with E-state index in [1.54, 1.807) is 24.3 Å². The average molecular weight is 425 g/mol. The number of para-hydroxylation sites is 1. The van der Waals surface area contributed by atoms with E-state index in [1.165, 1.54) is 36.5 Å². The number of sulfonamides is 1. The molecule has 4 aromatic rings. The highest BCUT2D eigenvalue weighted by Crippen LogP contribution is 2.25. The average Bonchev–Trinajstić information content (AvgIpc) is 2.74. The molecule has 0 radical (unpaired) electrons. The number of nitrogens with one attached hydrogen (secondary N) is 1. The summed E-state index contributed by atoms with van der Waals surface area (Å²) in [6.07, 6.45) is 1.42. The molecule has 0 aliphatic carbocycles. The van der Waals surface area contributed by atoms with Gasteiger partial charge < -0.3 is 0 Å². The number of aromatic nitrogens is 1. The summed E-state index contributed by atoms with van der Waals surface area (Å²) in [6, 6.07) is 22.2. The van der Waals surface area contributed by atoms with Gasteiger partial charge in [-0.05, 0) is 42.5 Å². The van der Waals surface area contributed by atoms with Gasteiger partial charge in [-0.15, -0.1) is 0 Å². The fourth-order valence-electron chi connectivity index (χ4n) is 2.89. The highest BCUT2D eigenvalue weighted by molar-refractivity contribution is 7.93. The number of pyridine rings is 1. The third-order valence-electron chi connectivity index (χ3n) is 4.32. The Morgan fingerprint density at radius 1 is 0.655 bits per heavy atom. The first-order valence-electron chi connectivity index (χ1n) is 8.64. The Bertz CT molecular complexity index is 1400. The van der Waals surface area contributed by atoms with Gasteiger partial charge in [-0.1, -0.05) is 42.5 Å². The van der Waals surface area contributed by atoms with Gasteiger partial charge in [0.05, 0.1) is 32.1 Å². The van der Waals surface area contributed by atoms with Gasteiger partial charge in [0.25, 0.3) is 10.0 Å². The van der Waals surface area contributed by atoms with Gasteiger partial charge in [-0.3, -0.25) is 9.71 Å². The standard InChI is InChI=1S/C21H16N2O4S2/c24-28(25,18-8-2-1-3-9-18)19-10-6-11-20(14-19)29(26,27)23-17-13-16-7-4-5-12-21(16)22-15-17/h1-15,23H. The Labute approximate surface area is 168 Å².